The Morgan fingerprint density at radius 2 is 2.05 bits per heavy atom. The molecule has 0 bridgehead atoms. The van der Waals surface area contributed by atoms with Gasteiger partial charge in [0.05, 0.1) is 11.8 Å². The zero-order chi connectivity index (χ0) is 14.5. The number of anilines is 1. The SMILES string of the molecule is CN(Cc1ccc(Br)cc1)c1nnccc1/C(N)=N/O. The van der Waals surface area contributed by atoms with E-state index in [1.807, 2.05) is 36.2 Å². The summed E-state index contributed by atoms with van der Waals surface area (Å²) in [7, 11) is 1.88. The van der Waals surface area contributed by atoms with E-state index in [2.05, 4.69) is 31.3 Å². The second kappa shape index (κ2) is 6.33. The lowest BCUT2D eigenvalue weighted by atomic mass is 10.2. The summed E-state index contributed by atoms with van der Waals surface area (Å²) in [5, 5.41) is 19.7. The molecule has 2 aromatic rings. The summed E-state index contributed by atoms with van der Waals surface area (Å²) in [4.78, 5) is 1.89. The second-order valence-corrected chi connectivity index (χ2v) is 5.15. The molecule has 0 spiro atoms. The summed E-state index contributed by atoms with van der Waals surface area (Å²) in [5.41, 5.74) is 7.31. The van der Waals surface area contributed by atoms with E-state index in [1.165, 1.54) is 6.20 Å². The molecule has 0 unspecified atom stereocenters. The maximum absolute atomic E-state index is 8.81. The Balaban J connectivity index is 2.25. The lowest BCUT2D eigenvalue weighted by Crippen LogP contribution is -2.24. The number of halogens is 1. The molecule has 0 radical (unpaired) electrons. The minimum absolute atomic E-state index is 0.0116. The first-order valence-electron chi connectivity index (χ1n) is 5.87. The minimum atomic E-state index is 0.0116. The Morgan fingerprint density at radius 3 is 2.70 bits per heavy atom. The highest BCUT2D eigenvalue weighted by Gasteiger charge is 2.13. The third kappa shape index (κ3) is 3.24. The van der Waals surface area contributed by atoms with Gasteiger partial charge in [-0.05, 0) is 23.8 Å². The standard InChI is InChI=1S/C13H14BrN5O/c1-19(8-9-2-4-10(14)5-3-9)13-11(12(15)18-20)6-7-16-17-13/h2-7,20H,8H2,1H3,(H2,15,18). The zero-order valence-corrected chi connectivity index (χ0v) is 12.4. The molecule has 7 heteroatoms. The summed E-state index contributed by atoms with van der Waals surface area (Å²) in [6, 6.07) is 9.64. The number of benzene rings is 1. The smallest absolute Gasteiger partial charge is 0.173 e. The van der Waals surface area contributed by atoms with Crippen LogP contribution >= 0.6 is 15.9 Å². The molecule has 0 atom stereocenters. The van der Waals surface area contributed by atoms with Crippen LogP contribution in [0, 0.1) is 0 Å². The van der Waals surface area contributed by atoms with Gasteiger partial charge in [0.1, 0.15) is 0 Å². The molecule has 2 rings (SSSR count). The molecule has 0 amide bonds. The summed E-state index contributed by atoms with van der Waals surface area (Å²) in [6.45, 7) is 0.637. The van der Waals surface area contributed by atoms with E-state index in [1.54, 1.807) is 6.07 Å². The predicted octanol–water partition coefficient (Wildman–Crippen LogP) is 1.97. The quantitative estimate of drug-likeness (QED) is 0.386. The number of nitrogens with zero attached hydrogens (tertiary/aromatic N) is 4. The molecule has 0 aliphatic heterocycles. The maximum atomic E-state index is 8.81. The van der Waals surface area contributed by atoms with E-state index < -0.39 is 0 Å². The van der Waals surface area contributed by atoms with Gasteiger partial charge in [-0.1, -0.05) is 33.2 Å². The predicted molar refractivity (Wildman–Crippen MR) is 80.8 cm³/mol. The summed E-state index contributed by atoms with van der Waals surface area (Å²) >= 11 is 3.40. The van der Waals surface area contributed by atoms with E-state index in [0.29, 0.717) is 17.9 Å². The van der Waals surface area contributed by atoms with Crippen LogP contribution < -0.4 is 10.6 Å². The number of oxime groups is 1. The van der Waals surface area contributed by atoms with E-state index in [9.17, 15) is 0 Å². The fourth-order valence-corrected chi connectivity index (χ4v) is 2.06. The molecule has 0 aliphatic rings. The van der Waals surface area contributed by atoms with Crippen molar-refractivity contribution in [2.24, 2.45) is 10.9 Å². The number of amidine groups is 1. The normalized spacial score (nSPS) is 11.4. The molecule has 20 heavy (non-hydrogen) atoms. The van der Waals surface area contributed by atoms with Crippen LogP contribution in [0.5, 0.6) is 0 Å². The molecule has 104 valence electrons. The van der Waals surface area contributed by atoms with Gasteiger partial charge in [0, 0.05) is 18.1 Å². The Kier molecular flexibility index (Phi) is 4.52. The Labute approximate surface area is 125 Å². The van der Waals surface area contributed by atoms with Crippen molar-refractivity contribution in [1.29, 1.82) is 0 Å². The highest BCUT2D eigenvalue weighted by molar-refractivity contribution is 9.10. The van der Waals surface area contributed by atoms with Gasteiger partial charge in [-0.3, -0.25) is 0 Å². The maximum Gasteiger partial charge on any atom is 0.173 e. The summed E-state index contributed by atoms with van der Waals surface area (Å²) in [5.74, 6) is 0.572. The van der Waals surface area contributed by atoms with Crippen LogP contribution in [0.25, 0.3) is 0 Å². The summed E-state index contributed by atoms with van der Waals surface area (Å²) in [6.07, 6.45) is 1.50. The molecule has 0 fully saturated rings. The van der Waals surface area contributed by atoms with Crippen LogP contribution in [-0.4, -0.2) is 28.3 Å². The van der Waals surface area contributed by atoms with Crippen LogP contribution in [0.1, 0.15) is 11.1 Å². The molecule has 1 aromatic carbocycles. The average Bonchev–Trinajstić information content (AvgIpc) is 2.48. The van der Waals surface area contributed by atoms with E-state index in [4.69, 9.17) is 10.9 Å². The van der Waals surface area contributed by atoms with Crippen molar-refractivity contribution in [3.63, 3.8) is 0 Å². The van der Waals surface area contributed by atoms with Crippen molar-refractivity contribution in [2.45, 2.75) is 6.54 Å². The van der Waals surface area contributed by atoms with Gasteiger partial charge in [-0.2, -0.15) is 5.10 Å². The van der Waals surface area contributed by atoms with Crippen molar-refractivity contribution in [3.8, 4) is 0 Å². The zero-order valence-electron chi connectivity index (χ0n) is 10.9. The monoisotopic (exact) mass is 335 g/mol. The van der Waals surface area contributed by atoms with Gasteiger partial charge in [0.2, 0.25) is 0 Å². The van der Waals surface area contributed by atoms with Gasteiger partial charge < -0.3 is 15.8 Å². The van der Waals surface area contributed by atoms with Gasteiger partial charge in [-0.15, -0.1) is 5.10 Å². The highest BCUT2D eigenvalue weighted by atomic mass is 79.9. The second-order valence-electron chi connectivity index (χ2n) is 4.24. The first-order valence-corrected chi connectivity index (χ1v) is 6.66. The van der Waals surface area contributed by atoms with Gasteiger partial charge in [-0.25, -0.2) is 0 Å². The molecule has 0 saturated carbocycles. The van der Waals surface area contributed by atoms with E-state index >= 15 is 0 Å². The van der Waals surface area contributed by atoms with E-state index in [-0.39, 0.29) is 5.84 Å². The Bertz CT molecular complexity index is 614. The number of nitrogens with two attached hydrogens (primary N) is 1. The fourth-order valence-electron chi connectivity index (χ4n) is 1.80. The number of aromatic nitrogens is 2. The van der Waals surface area contributed by atoms with Crippen LogP contribution in [-0.2, 0) is 6.54 Å². The molecule has 0 saturated heterocycles. The fraction of sp³-hybridized carbons (Fsp3) is 0.154. The molecule has 0 aliphatic carbocycles. The van der Waals surface area contributed by atoms with Gasteiger partial charge >= 0.3 is 0 Å². The first-order chi connectivity index (χ1) is 9.61. The Hall–Kier alpha value is -2.15. The molecule has 3 N–H and O–H groups in total. The lowest BCUT2D eigenvalue weighted by Gasteiger charge is -2.20. The van der Waals surface area contributed by atoms with Gasteiger partial charge in [0.25, 0.3) is 0 Å². The Morgan fingerprint density at radius 1 is 1.35 bits per heavy atom. The number of rotatable bonds is 4. The molecular weight excluding hydrogens is 322 g/mol. The molecular formula is C13H14BrN5O. The summed E-state index contributed by atoms with van der Waals surface area (Å²) < 4.78 is 1.03. The first kappa shape index (κ1) is 14.3. The van der Waals surface area contributed by atoms with Crippen molar-refractivity contribution < 1.29 is 5.21 Å². The third-order valence-electron chi connectivity index (χ3n) is 2.78. The molecule has 1 aromatic heterocycles. The van der Waals surface area contributed by atoms with Crippen LogP contribution in [0.4, 0.5) is 5.82 Å². The van der Waals surface area contributed by atoms with Crippen LogP contribution in [0.3, 0.4) is 0 Å². The van der Waals surface area contributed by atoms with Crippen molar-refractivity contribution >= 4 is 27.6 Å². The third-order valence-corrected chi connectivity index (χ3v) is 3.31. The van der Waals surface area contributed by atoms with Crippen molar-refractivity contribution in [1.82, 2.24) is 10.2 Å². The molecule has 6 nitrogen and oxygen atoms in total. The minimum Gasteiger partial charge on any atom is -0.409 e. The van der Waals surface area contributed by atoms with Gasteiger partial charge in [0.15, 0.2) is 11.7 Å². The van der Waals surface area contributed by atoms with E-state index in [0.717, 1.165) is 10.0 Å². The van der Waals surface area contributed by atoms with Crippen LogP contribution in [0.15, 0.2) is 46.2 Å². The van der Waals surface area contributed by atoms with Crippen molar-refractivity contribution in [2.75, 3.05) is 11.9 Å². The molecule has 1 heterocycles. The number of hydrogen-bond acceptors (Lipinski definition) is 5. The largest absolute Gasteiger partial charge is 0.409 e. The highest BCUT2D eigenvalue weighted by Crippen LogP contribution is 2.18. The lowest BCUT2D eigenvalue weighted by molar-refractivity contribution is 0.318. The average molecular weight is 336 g/mol. The van der Waals surface area contributed by atoms with Crippen LogP contribution in [0.2, 0.25) is 0 Å². The van der Waals surface area contributed by atoms with Crippen molar-refractivity contribution in [3.05, 3.63) is 52.1 Å². The topological polar surface area (TPSA) is 87.6 Å². The number of hydrogen-bond donors (Lipinski definition) is 2.